The summed E-state index contributed by atoms with van der Waals surface area (Å²) in [6.45, 7) is 8.85. The molecule has 0 saturated carbocycles. The quantitative estimate of drug-likeness (QED) is 0.155. The van der Waals surface area contributed by atoms with Gasteiger partial charge in [0, 0.05) is 0 Å². The second-order valence-corrected chi connectivity index (χ2v) is 13.8. The van der Waals surface area contributed by atoms with Gasteiger partial charge in [0.1, 0.15) is 0 Å². The molecule has 0 N–H and O–H groups in total. The molecule has 33 heavy (non-hydrogen) atoms. The van der Waals surface area contributed by atoms with Crippen molar-refractivity contribution < 1.29 is 19.1 Å². The summed E-state index contributed by atoms with van der Waals surface area (Å²) in [5.41, 5.74) is 2.46. The molecule has 2 aromatic carbocycles. The van der Waals surface area contributed by atoms with Crippen LogP contribution in [0.4, 0.5) is 0 Å². The van der Waals surface area contributed by atoms with Crippen molar-refractivity contribution in [2.45, 2.75) is 71.5 Å². The van der Waals surface area contributed by atoms with Gasteiger partial charge < -0.3 is 9.47 Å². The fourth-order valence-corrected chi connectivity index (χ4v) is 7.29. The number of benzene rings is 2. The SMILES string of the molecule is CCOC(=O)C(CCc1ccc(CCCC[Si](C)(CC)c2ccccc2)cc1)C(=O)OCC. The Balaban J connectivity index is 1.83. The first kappa shape index (κ1) is 26.8. The van der Waals surface area contributed by atoms with Gasteiger partial charge in [-0.2, -0.15) is 0 Å². The molecule has 0 aromatic heterocycles. The summed E-state index contributed by atoms with van der Waals surface area (Å²) in [4.78, 5) is 24.3. The predicted octanol–water partition coefficient (Wildman–Crippen LogP) is 5.69. The lowest BCUT2D eigenvalue weighted by atomic mass is 9.98. The molecule has 0 saturated heterocycles. The fourth-order valence-electron chi connectivity index (χ4n) is 4.21. The smallest absolute Gasteiger partial charge is 0.320 e. The summed E-state index contributed by atoms with van der Waals surface area (Å²) < 4.78 is 10.1. The molecular formula is C28H40O4Si. The third-order valence-corrected chi connectivity index (χ3v) is 11.3. The molecule has 0 amide bonds. The Morgan fingerprint density at radius 2 is 1.33 bits per heavy atom. The van der Waals surface area contributed by atoms with Gasteiger partial charge in [-0.1, -0.05) is 91.8 Å². The number of esters is 2. The van der Waals surface area contributed by atoms with Crippen LogP contribution in [0.1, 0.15) is 51.2 Å². The summed E-state index contributed by atoms with van der Waals surface area (Å²) in [7, 11) is -1.37. The van der Waals surface area contributed by atoms with E-state index in [4.69, 9.17) is 9.47 Å². The third-order valence-electron chi connectivity index (χ3n) is 6.58. The molecule has 2 aromatic rings. The Labute approximate surface area is 200 Å². The van der Waals surface area contributed by atoms with Crippen LogP contribution in [0.3, 0.4) is 0 Å². The maximum atomic E-state index is 12.1. The number of ether oxygens (including phenoxy) is 2. The van der Waals surface area contributed by atoms with Crippen LogP contribution >= 0.6 is 0 Å². The van der Waals surface area contributed by atoms with E-state index in [1.165, 1.54) is 30.5 Å². The van der Waals surface area contributed by atoms with Crippen molar-refractivity contribution in [2.24, 2.45) is 5.92 Å². The largest absolute Gasteiger partial charge is 0.465 e. The van der Waals surface area contributed by atoms with E-state index in [2.05, 4.69) is 68.1 Å². The highest BCUT2D eigenvalue weighted by atomic mass is 28.3. The van der Waals surface area contributed by atoms with Crippen LogP contribution in [0.15, 0.2) is 54.6 Å². The monoisotopic (exact) mass is 468 g/mol. The van der Waals surface area contributed by atoms with Crippen LogP contribution in [0, 0.1) is 5.92 Å². The van der Waals surface area contributed by atoms with Crippen LogP contribution in [0.25, 0.3) is 0 Å². The Morgan fingerprint density at radius 3 is 1.85 bits per heavy atom. The summed E-state index contributed by atoms with van der Waals surface area (Å²) in [5, 5.41) is 1.57. The second kappa shape index (κ2) is 14.0. The normalized spacial score (nSPS) is 12.9. The van der Waals surface area contributed by atoms with Crippen LogP contribution in [0.5, 0.6) is 0 Å². The van der Waals surface area contributed by atoms with Gasteiger partial charge in [0.05, 0.1) is 21.3 Å². The third kappa shape index (κ3) is 8.47. The topological polar surface area (TPSA) is 52.6 Å². The highest BCUT2D eigenvalue weighted by Gasteiger charge is 2.29. The van der Waals surface area contributed by atoms with E-state index in [1.54, 1.807) is 19.0 Å². The highest BCUT2D eigenvalue weighted by molar-refractivity contribution is 6.90. The van der Waals surface area contributed by atoms with E-state index in [1.807, 2.05) is 0 Å². The summed E-state index contributed by atoms with van der Waals surface area (Å²) in [5.74, 6) is -1.84. The molecular weight excluding hydrogens is 428 g/mol. The molecule has 0 heterocycles. The number of rotatable bonds is 14. The molecule has 0 bridgehead atoms. The number of carbonyl (C=O) groups is 2. The maximum absolute atomic E-state index is 12.1. The van der Waals surface area contributed by atoms with Crippen molar-refractivity contribution in [1.82, 2.24) is 0 Å². The first-order valence-corrected chi connectivity index (χ1v) is 15.3. The zero-order chi connectivity index (χ0) is 24.1. The highest BCUT2D eigenvalue weighted by Crippen LogP contribution is 2.20. The maximum Gasteiger partial charge on any atom is 0.320 e. The molecule has 180 valence electrons. The molecule has 0 radical (unpaired) electrons. The van der Waals surface area contributed by atoms with E-state index in [0.717, 1.165) is 12.0 Å². The lowest BCUT2D eigenvalue weighted by Gasteiger charge is -2.26. The van der Waals surface area contributed by atoms with Crippen LogP contribution in [-0.2, 0) is 31.9 Å². The van der Waals surface area contributed by atoms with Crippen LogP contribution < -0.4 is 5.19 Å². The molecule has 0 spiro atoms. The molecule has 5 heteroatoms. The summed E-state index contributed by atoms with van der Waals surface area (Å²) >= 11 is 0. The number of hydrogen-bond acceptors (Lipinski definition) is 4. The first-order chi connectivity index (χ1) is 15.9. The second-order valence-electron chi connectivity index (χ2n) is 8.90. The average Bonchev–Trinajstić information content (AvgIpc) is 2.83. The van der Waals surface area contributed by atoms with E-state index in [0.29, 0.717) is 12.8 Å². The standard InChI is InChI=1S/C28H40O4Si/c1-5-31-27(29)26(28(30)32-6-2)21-20-24-18-16-23(17-19-24)13-11-12-22-33(4,7-3)25-14-9-8-10-15-25/h8-10,14-19,26H,5-7,11-13,20-22H2,1-4H3. The van der Waals surface area contributed by atoms with Gasteiger partial charge in [0.25, 0.3) is 0 Å². The van der Waals surface area contributed by atoms with Gasteiger partial charge >= 0.3 is 11.9 Å². The lowest BCUT2D eigenvalue weighted by molar-refractivity contribution is -0.161. The average molecular weight is 469 g/mol. The van der Waals surface area contributed by atoms with E-state index >= 15 is 0 Å². The Bertz CT molecular complexity index is 832. The van der Waals surface area contributed by atoms with Crippen molar-refractivity contribution in [1.29, 1.82) is 0 Å². The van der Waals surface area contributed by atoms with Crippen molar-refractivity contribution in [2.75, 3.05) is 13.2 Å². The van der Waals surface area contributed by atoms with Gasteiger partial charge in [-0.05, 0) is 50.7 Å². The molecule has 0 aliphatic carbocycles. The van der Waals surface area contributed by atoms with Gasteiger partial charge in [-0.3, -0.25) is 9.59 Å². The zero-order valence-electron chi connectivity index (χ0n) is 20.8. The van der Waals surface area contributed by atoms with Crippen LogP contribution in [-0.4, -0.2) is 33.2 Å². The number of aryl methyl sites for hydroxylation is 2. The summed E-state index contributed by atoms with van der Waals surface area (Å²) in [6, 6.07) is 22.2. The molecule has 0 aliphatic heterocycles. The molecule has 1 atom stereocenters. The first-order valence-electron chi connectivity index (χ1n) is 12.4. The van der Waals surface area contributed by atoms with E-state index in [9.17, 15) is 9.59 Å². The van der Waals surface area contributed by atoms with Crippen molar-refractivity contribution in [3.05, 3.63) is 65.7 Å². The van der Waals surface area contributed by atoms with E-state index < -0.39 is 25.9 Å². The number of unbranched alkanes of at least 4 members (excludes halogenated alkanes) is 1. The minimum atomic E-state index is -1.37. The van der Waals surface area contributed by atoms with Gasteiger partial charge in [-0.15, -0.1) is 0 Å². The van der Waals surface area contributed by atoms with Crippen molar-refractivity contribution in [3.8, 4) is 0 Å². The van der Waals surface area contributed by atoms with Crippen molar-refractivity contribution >= 4 is 25.2 Å². The van der Waals surface area contributed by atoms with Gasteiger partial charge in [-0.25, -0.2) is 0 Å². The van der Waals surface area contributed by atoms with Gasteiger partial charge in [0.2, 0.25) is 0 Å². The number of hydrogen-bond donors (Lipinski definition) is 0. The van der Waals surface area contributed by atoms with Gasteiger partial charge in [0.15, 0.2) is 5.92 Å². The zero-order valence-corrected chi connectivity index (χ0v) is 21.8. The Hall–Kier alpha value is -2.40. The molecule has 0 fully saturated rings. The molecule has 1 unspecified atom stereocenters. The van der Waals surface area contributed by atoms with E-state index in [-0.39, 0.29) is 13.2 Å². The lowest BCUT2D eigenvalue weighted by Crippen LogP contribution is -2.43. The Kier molecular flexibility index (Phi) is 11.4. The van der Waals surface area contributed by atoms with Crippen LogP contribution in [0.2, 0.25) is 18.6 Å². The molecule has 4 nitrogen and oxygen atoms in total. The number of carbonyl (C=O) groups excluding carboxylic acids is 2. The molecule has 0 aliphatic rings. The Morgan fingerprint density at radius 1 is 0.788 bits per heavy atom. The minimum Gasteiger partial charge on any atom is -0.465 e. The van der Waals surface area contributed by atoms with Crippen molar-refractivity contribution in [3.63, 3.8) is 0 Å². The minimum absolute atomic E-state index is 0.259. The molecule has 2 rings (SSSR count). The predicted molar refractivity (Wildman–Crippen MR) is 137 cm³/mol. The fraction of sp³-hybridized carbons (Fsp3) is 0.500. The summed E-state index contributed by atoms with van der Waals surface area (Å²) in [6.07, 6.45) is 4.57.